The van der Waals surface area contributed by atoms with Crippen LogP contribution in [0.3, 0.4) is 0 Å². The smallest absolute Gasteiger partial charge is 0.219 e. The fraction of sp³-hybridized carbons (Fsp3) is 0.438. The van der Waals surface area contributed by atoms with Crippen LogP contribution in [0.1, 0.15) is 50.8 Å². The quantitative estimate of drug-likeness (QED) is 0.797. The molecule has 0 saturated carbocycles. The number of nitrogens with zero attached hydrogens (tertiary/aromatic N) is 1. The number of phenols is 1. The molecule has 0 aliphatic carbocycles. The molecule has 2 nitrogen and oxygen atoms in total. The zero-order chi connectivity index (χ0) is 13.4. The Labute approximate surface area is 109 Å². The van der Waals surface area contributed by atoms with Crippen molar-refractivity contribution < 1.29 is 9.67 Å². The molecule has 18 heavy (non-hydrogen) atoms. The molecule has 2 heteroatoms. The van der Waals surface area contributed by atoms with Crippen LogP contribution in [0.5, 0.6) is 5.75 Å². The average molecular weight is 244 g/mol. The van der Waals surface area contributed by atoms with Crippen LogP contribution in [0.15, 0.2) is 24.4 Å². The molecule has 0 aliphatic rings. The third-order valence-corrected chi connectivity index (χ3v) is 3.48. The van der Waals surface area contributed by atoms with E-state index in [4.69, 9.17) is 0 Å². The highest BCUT2D eigenvalue weighted by molar-refractivity contribution is 5.86. The Morgan fingerprint density at radius 1 is 1.17 bits per heavy atom. The van der Waals surface area contributed by atoms with Gasteiger partial charge in [0.2, 0.25) is 5.52 Å². The second kappa shape index (κ2) is 4.60. The maximum Gasteiger partial charge on any atom is 0.219 e. The maximum absolute atomic E-state index is 10.3. The number of benzene rings is 1. The van der Waals surface area contributed by atoms with E-state index in [1.807, 2.05) is 19.1 Å². The Kier molecular flexibility index (Phi) is 3.29. The lowest BCUT2D eigenvalue weighted by atomic mass is 9.95. The maximum atomic E-state index is 10.3. The minimum Gasteiger partial charge on any atom is -0.507 e. The summed E-state index contributed by atoms with van der Waals surface area (Å²) in [4.78, 5) is 0. The van der Waals surface area contributed by atoms with Crippen LogP contribution in [0.4, 0.5) is 0 Å². The van der Waals surface area contributed by atoms with E-state index in [-0.39, 0.29) is 0 Å². The summed E-state index contributed by atoms with van der Waals surface area (Å²) in [6, 6.07) is 6.50. The Morgan fingerprint density at radius 2 is 1.83 bits per heavy atom. The van der Waals surface area contributed by atoms with Crippen LogP contribution in [0, 0.1) is 6.92 Å². The van der Waals surface area contributed by atoms with Gasteiger partial charge < -0.3 is 5.11 Å². The zero-order valence-electron chi connectivity index (χ0n) is 11.9. The van der Waals surface area contributed by atoms with Gasteiger partial charge in [0, 0.05) is 11.6 Å². The van der Waals surface area contributed by atoms with E-state index in [0.29, 0.717) is 17.7 Å². The van der Waals surface area contributed by atoms with Crippen LogP contribution in [-0.2, 0) is 0 Å². The van der Waals surface area contributed by atoms with Gasteiger partial charge in [-0.15, -0.1) is 0 Å². The molecule has 0 radical (unpaired) electrons. The molecule has 0 fully saturated rings. The van der Waals surface area contributed by atoms with Gasteiger partial charge in [0.05, 0.1) is 5.39 Å². The fourth-order valence-corrected chi connectivity index (χ4v) is 2.47. The van der Waals surface area contributed by atoms with Crippen LogP contribution < -0.4 is 4.57 Å². The summed E-state index contributed by atoms with van der Waals surface area (Å²) in [5.74, 6) is 0.851. The molecule has 0 aliphatic heterocycles. The fourth-order valence-electron chi connectivity index (χ4n) is 2.47. The van der Waals surface area contributed by atoms with Crippen LogP contribution in [0.25, 0.3) is 10.9 Å². The molecular weight excluding hydrogens is 222 g/mol. The number of pyridine rings is 1. The first kappa shape index (κ1) is 12.9. The third-order valence-electron chi connectivity index (χ3n) is 3.48. The van der Waals surface area contributed by atoms with Gasteiger partial charge in [-0.05, 0) is 44.4 Å². The predicted octanol–water partition coefficient (Wildman–Crippen LogP) is 3.85. The molecule has 1 aromatic carbocycles. The first-order chi connectivity index (χ1) is 8.43. The monoisotopic (exact) mass is 244 g/mol. The number of hydrogen-bond acceptors (Lipinski definition) is 1. The summed E-state index contributed by atoms with van der Waals surface area (Å²) in [6.45, 7) is 10.7. The van der Waals surface area contributed by atoms with Crippen molar-refractivity contribution in [3.8, 4) is 5.75 Å². The van der Waals surface area contributed by atoms with Gasteiger partial charge in [-0.1, -0.05) is 13.8 Å². The minimum absolute atomic E-state index is 0.383. The number of aryl methyl sites for hydroxylation is 1. The van der Waals surface area contributed by atoms with Gasteiger partial charge in [0.25, 0.3) is 0 Å². The Balaban J connectivity index is 2.95. The minimum atomic E-state index is 0.383. The summed E-state index contributed by atoms with van der Waals surface area (Å²) in [5.41, 5.74) is 3.41. The van der Waals surface area contributed by atoms with E-state index >= 15 is 0 Å². The molecular formula is C16H22NO+. The van der Waals surface area contributed by atoms with Crippen molar-refractivity contribution in [2.45, 2.75) is 46.6 Å². The molecule has 1 heterocycles. The molecule has 0 atom stereocenters. The standard InChI is InChI=1S/C16H21NO/c1-10(2)14-9-12(5)16(18)13-7-6-8-17(11(3)4)15(13)14/h6-11H,1-5H3/p+1. The van der Waals surface area contributed by atoms with Gasteiger partial charge >= 0.3 is 0 Å². The summed E-state index contributed by atoms with van der Waals surface area (Å²) >= 11 is 0. The zero-order valence-corrected chi connectivity index (χ0v) is 11.9. The lowest BCUT2D eigenvalue weighted by Gasteiger charge is -2.13. The molecule has 0 amide bonds. The van der Waals surface area contributed by atoms with E-state index in [0.717, 1.165) is 16.5 Å². The van der Waals surface area contributed by atoms with E-state index in [9.17, 15) is 5.11 Å². The predicted molar refractivity (Wildman–Crippen MR) is 75.0 cm³/mol. The highest BCUT2D eigenvalue weighted by atomic mass is 16.3. The van der Waals surface area contributed by atoms with E-state index in [2.05, 4.69) is 44.5 Å². The normalized spacial score (nSPS) is 11.7. The van der Waals surface area contributed by atoms with E-state index in [1.165, 1.54) is 5.56 Å². The van der Waals surface area contributed by atoms with Crippen LogP contribution in [0.2, 0.25) is 0 Å². The largest absolute Gasteiger partial charge is 0.507 e. The molecule has 1 N–H and O–H groups in total. The Bertz CT molecular complexity index is 585. The number of hydrogen-bond donors (Lipinski definition) is 1. The molecule has 0 saturated heterocycles. The second-order valence-electron chi connectivity index (χ2n) is 5.56. The van der Waals surface area contributed by atoms with Crippen molar-refractivity contribution in [3.05, 3.63) is 35.5 Å². The Morgan fingerprint density at radius 3 is 2.39 bits per heavy atom. The lowest BCUT2D eigenvalue weighted by Crippen LogP contribution is -2.37. The second-order valence-corrected chi connectivity index (χ2v) is 5.56. The van der Waals surface area contributed by atoms with Crippen molar-refractivity contribution in [2.24, 2.45) is 0 Å². The van der Waals surface area contributed by atoms with Crippen LogP contribution >= 0.6 is 0 Å². The Hall–Kier alpha value is -1.57. The molecule has 96 valence electrons. The SMILES string of the molecule is Cc1cc(C(C)C)c2c(ccc[n+]2C(C)C)c1O. The first-order valence-electron chi connectivity index (χ1n) is 6.59. The summed E-state index contributed by atoms with van der Waals surface area (Å²) in [7, 11) is 0. The molecule has 0 spiro atoms. The average Bonchev–Trinajstić information content (AvgIpc) is 2.32. The summed E-state index contributed by atoms with van der Waals surface area (Å²) in [5, 5.41) is 11.2. The van der Waals surface area contributed by atoms with Gasteiger partial charge in [0.1, 0.15) is 5.75 Å². The lowest BCUT2D eigenvalue weighted by molar-refractivity contribution is -0.691. The van der Waals surface area contributed by atoms with Gasteiger partial charge in [-0.2, -0.15) is 4.57 Å². The number of phenolic OH excluding ortho intramolecular Hbond substituents is 1. The highest BCUT2D eigenvalue weighted by Crippen LogP contribution is 2.33. The molecule has 0 bridgehead atoms. The highest BCUT2D eigenvalue weighted by Gasteiger charge is 2.21. The summed E-state index contributed by atoms with van der Waals surface area (Å²) in [6.07, 6.45) is 2.09. The number of rotatable bonds is 2. The molecule has 1 aromatic heterocycles. The van der Waals surface area contributed by atoms with Crippen molar-refractivity contribution >= 4 is 10.9 Å². The molecule has 2 rings (SSSR count). The third kappa shape index (κ3) is 1.96. The van der Waals surface area contributed by atoms with Gasteiger partial charge in [-0.3, -0.25) is 0 Å². The topological polar surface area (TPSA) is 24.1 Å². The number of aromatic hydroxyl groups is 1. The van der Waals surface area contributed by atoms with E-state index in [1.54, 1.807) is 0 Å². The molecule has 2 aromatic rings. The van der Waals surface area contributed by atoms with Crippen molar-refractivity contribution in [1.29, 1.82) is 0 Å². The number of fused-ring (bicyclic) bond motifs is 1. The summed E-state index contributed by atoms with van der Waals surface area (Å²) < 4.78 is 2.24. The van der Waals surface area contributed by atoms with Crippen LogP contribution in [-0.4, -0.2) is 5.11 Å². The molecule has 0 unspecified atom stereocenters. The van der Waals surface area contributed by atoms with Gasteiger partial charge in [0.15, 0.2) is 12.2 Å². The van der Waals surface area contributed by atoms with Gasteiger partial charge in [-0.25, -0.2) is 0 Å². The van der Waals surface area contributed by atoms with E-state index < -0.39 is 0 Å². The van der Waals surface area contributed by atoms with Crippen molar-refractivity contribution in [1.82, 2.24) is 0 Å². The first-order valence-corrected chi connectivity index (χ1v) is 6.59. The number of aromatic nitrogens is 1. The van der Waals surface area contributed by atoms with Crippen molar-refractivity contribution in [3.63, 3.8) is 0 Å². The van der Waals surface area contributed by atoms with Crippen molar-refractivity contribution in [2.75, 3.05) is 0 Å².